The largest absolute Gasteiger partial charge is 0.494 e. The lowest BCUT2D eigenvalue weighted by Crippen LogP contribution is -2.45. The lowest BCUT2D eigenvalue weighted by molar-refractivity contribution is -0.143. The summed E-state index contributed by atoms with van der Waals surface area (Å²) >= 11 is 0. The number of nitrogens with zero attached hydrogens (tertiary/aromatic N) is 3. The molecule has 0 aliphatic carbocycles. The highest BCUT2D eigenvalue weighted by Crippen LogP contribution is 2.26. The lowest BCUT2D eigenvalue weighted by atomic mass is 10.0. The third-order valence-corrected chi connectivity index (χ3v) is 4.05. The Labute approximate surface area is 149 Å². The Hall–Kier alpha value is -3.23. The maximum Gasteiger partial charge on any atom is 0.306 e. The molecule has 0 spiro atoms. The third-order valence-electron chi connectivity index (χ3n) is 4.05. The number of anilines is 1. The number of amides is 1. The molecule has 0 saturated carbocycles. The molecule has 1 aromatic heterocycles. The van der Waals surface area contributed by atoms with E-state index < -0.39 is 11.9 Å². The molecule has 1 aromatic carbocycles. The number of methoxy groups -OCH3 is 2. The number of ether oxygens (including phenoxy) is 2. The van der Waals surface area contributed by atoms with Crippen LogP contribution in [0, 0.1) is 12.8 Å². The van der Waals surface area contributed by atoms with Crippen LogP contribution in [0.15, 0.2) is 23.2 Å². The highest BCUT2D eigenvalue weighted by Gasteiger charge is 2.27. The molecule has 1 aliphatic heterocycles. The summed E-state index contributed by atoms with van der Waals surface area (Å²) in [7, 11) is 2.86. The van der Waals surface area contributed by atoms with E-state index in [9.17, 15) is 9.59 Å². The van der Waals surface area contributed by atoms with Gasteiger partial charge < -0.3 is 9.47 Å². The number of carbonyl (C=O) groups excluding carboxylic acids is 2. The van der Waals surface area contributed by atoms with Crippen molar-refractivity contribution in [1.82, 2.24) is 15.3 Å². The predicted octanol–water partition coefficient (Wildman–Crippen LogP) is 1.02. The molecule has 1 amide bonds. The molecule has 0 bridgehead atoms. The number of hydrogen-bond donors (Lipinski definition) is 2. The summed E-state index contributed by atoms with van der Waals surface area (Å²) in [6.07, 6.45) is -0.0120. The molecule has 1 atom stereocenters. The van der Waals surface area contributed by atoms with Crippen LogP contribution in [0.1, 0.15) is 12.1 Å². The van der Waals surface area contributed by atoms with Gasteiger partial charge in [-0.2, -0.15) is 0 Å². The Kier molecular flexibility index (Phi) is 4.97. The third kappa shape index (κ3) is 3.56. The standard InChI is InChI=1S/C17H19N5O4/c1-9-11-5-4-6-12(25-2)14(11)20-17(19-9)22-16-18-8-10(15(24)21-16)7-13(23)26-3/h4-6,10H,7-8H2,1-3H3,(H2,18,19,20,21,22,24)/t10-/m0/s1. The quantitative estimate of drug-likeness (QED) is 0.785. The van der Waals surface area contributed by atoms with Crippen molar-refractivity contribution >= 4 is 34.7 Å². The summed E-state index contributed by atoms with van der Waals surface area (Å²) in [6, 6.07) is 5.60. The Morgan fingerprint density at radius 2 is 2.15 bits per heavy atom. The molecule has 2 aromatic rings. The van der Waals surface area contributed by atoms with Crippen LogP contribution in [0.2, 0.25) is 0 Å². The lowest BCUT2D eigenvalue weighted by Gasteiger charge is -2.21. The number of benzene rings is 1. The summed E-state index contributed by atoms with van der Waals surface area (Å²) in [5.74, 6) is -0.133. The molecule has 3 rings (SSSR count). The maximum atomic E-state index is 12.1. The van der Waals surface area contributed by atoms with Crippen LogP contribution in [-0.2, 0) is 14.3 Å². The van der Waals surface area contributed by atoms with Crippen LogP contribution in [0.25, 0.3) is 10.9 Å². The number of aromatic nitrogens is 2. The first-order valence-electron chi connectivity index (χ1n) is 8.02. The molecular weight excluding hydrogens is 338 g/mol. The van der Waals surface area contributed by atoms with Gasteiger partial charge in [0, 0.05) is 5.39 Å². The number of aliphatic imine (C=N–C) groups is 1. The van der Waals surface area contributed by atoms with Crippen LogP contribution >= 0.6 is 0 Å². The van der Waals surface area contributed by atoms with Crippen molar-refractivity contribution in [3.8, 4) is 5.75 Å². The molecule has 0 unspecified atom stereocenters. The minimum absolute atomic E-state index is 0.0120. The van der Waals surface area contributed by atoms with Gasteiger partial charge in [-0.25, -0.2) is 9.97 Å². The summed E-state index contributed by atoms with van der Waals surface area (Å²) in [5.41, 5.74) is 1.43. The molecule has 0 radical (unpaired) electrons. The van der Waals surface area contributed by atoms with E-state index in [4.69, 9.17) is 4.74 Å². The van der Waals surface area contributed by atoms with Crippen molar-refractivity contribution in [3.05, 3.63) is 23.9 Å². The molecule has 136 valence electrons. The van der Waals surface area contributed by atoms with Gasteiger partial charge in [0.15, 0.2) is 0 Å². The van der Waals surface area contributed by atoms with Gasteiger partial charge in [-0.1, -0.05) is 12.1 Å². The van der Waals surface area contributed by atoms with Gasteiger partial charge in [-0.3, -0.25) is 25.2 Å². The average molecular weight is 357 g/mol. The van der Waals surface area contributed by atoms with Crippen molar-refractivity contribution in [2.75, 3.05) is 26.1 Å². The number of carbonyl (C=O) groups is 2. The Morgan fingerprint density at radius 1 is 1.35 bits per heavy atom. The van der Waals surface area contributed by atoms with E-state index in [1.54, 1.807) is 7.11 Å². The van der Waals surface area contributed by atoms with Crippen molar-refractivity contribution in [2.24, 2.45) is 10.9 Å². The molecule has 1 aliphatic rings. The number of hydrogen-bond acceptors (Lipinski definition) is 8. The van der Waals surface area contributed by atoms with Crippen LogP contribution in [0.4, 0.5) is 5.95 Å². The molecule has 2 heterocycles. The highest BCUT2D eigenvalue weighted by molar-refractivity contribution is 6.06. The van der Waals surface area contributed by atoms with E-state index in [2.05, 4.69) is 30.3 Å². The Morgan fingerprint density at radius 3 is 2.85 bits per heavy atom. The smallest absolute Gasteiger partial charge is 0.306 e. The fourth-order valence-corrected chi connectivity index (χ4v) is 2.66. The molecule has 9 nitrogen and oxygen atoms in total. The summed E-state index contributed by atoms with van der Waals surface area (Å²) < 4.78 is 9.93. The normalized spacial score (nSPS) is 16.7. The van der Waals surface area contributed by atoms with Crippen LogP contribution in [0.5, 0.6) is 5.75 Å². The first-order chi connectivity index (χ1) is 12.5. The molecule has 2 N–H and O–H groups in total. The summed E-state index contributed by atoms with van der Waals surface area (Å²) in [5, 5.41) is 6.41. The van der Waals surface area contributed by atoms with Crippen molar-refractivity contribution in [3.63, 3.8) is 0 Å². The van der Waals surface area contributed by atoms with Crippen molar-refractivity contribution in [2.45, 2.75) is 13.3 Å². The SMILES string of the molecule is COC(=O)C[C@H]1CN=C(Nc2nc(C)c3cccc(OC)c3n2)NC1=O. The van der Waals surface area contributed by atoms with Gasteiger partial charge in [0.1, 0.15) is 11.3 Å². The number of para-hydroxylation sites is 1. The zero-order chi connectivity index (χ0) is 18.7. The minimum atomic E-state index is -0.549. The fraction of sp³-hybridized carbons (Fsp3) is 0.353. The molecule has 9 heteroatoms. The van der Waals surface area contributed by atoms with E-state index in [1.807, 2.05) is 25.1 Å². The van der Waals surface area contributed by atoms with Gasteiger partial charge >= 0.3 is 5.97 Å². The van der Waals surface area contributed by atoms with Gasteiger partial charge in [0.2, 0.25) is 17.8 Å². The number of esters is 1. The number of guanidine groups is 1. The summed E-state index contributed by atoms with van der Waals surface area (Å²) in [6.45, 7) is 2.04. The van der Waals surface area contributed by atoms with E-state index in [1.165, 1.54) is 7.11 Å². The zero-order valence-electron chi connectivity index (χ0n) is 14.7. The van der Waals surface area contributed by atoms with Crippen molar-refractivity contribution in [1.29, 1.82) is 0 Å². The fourth-order valence-electron chi connectivity index (χ4n) is 2.66. The monoisotopic (exact) mass is 357 g/mol. The second-order valence-corrected chi connectivity index (χ2v) is 5.77. The highest BCUT2D eigenvalue weighted by atomic mass is 16.5. The first kappa shape index (κ1) is 17.6. The number of rotatable bonds is 4. The topological polar surface area (TPSA) is 115 Å². The van der Waals surface area contributed by atoms with Crippen LogP contribution in [-0.4, -0.2) is 48.6 Å². The molecule has 0 fully saturated rings. The second kappa shape index (κ2) is 7.34. The van der Waals surface area contributed by atoms with Gasteiger partial charge in [-0.15, -0.1) is 0 Å². The van der Waals surface area contributed by atoms with Gasteiger partial charge in [0.05, 0.1) is 38.8 Å². The van der Waals surface area contributed by atoms with Gasteiger partial charge in [-0.05, 0) is 13.0 Å². The van der Waals surface area contributed by atoms with Crippen LogP contribution < -0.4 is 15.4 Å². The zero-order valence-corrected chi connectivity index (χ0v) is 14.7. The molecular formula is C17H19N5O4. The van der Waals surface area contributed by atoms with Crippen LogP contribution in [0.3, 0.4) is 0 Å². The van der Waals surface area contributed by atoms with E-state index in [0.29, 0.717) is 17.2 Å². The Balaban J connectivity index is 1.81. The number of nitrogens with one attached hydrogen (secondary N) is 2. The number of aryl methyl sites for hydroxylation is 1. The molecule has 0 saturated heterocycles. The Bertz CT molecular complexity index is 896. The maximum absolute atomic E-state index is 12.1. The average Bonchev–Trinajstić information content (AvgIpc) is 2.63. The molecule has 26 heavy (non-hydrogen) atoms. The first-order valence-corrected chi connectivity index (χ1v) is 8.02. The van der Waals surface area contributed by atoms with E-state index >= 15 is 0 Å². The second-order valence-electron chi connectivity index (χ2n) is 5.77. The predicted molar refractivity (Wildman–Crippen MR) is 95.0 cm³/mol. The minimum Gasteiger partial charge on any atom is -0.494 e. The van der Waals surface area contributed by atoms with Gasteiger partial charge in [0.25, 0.3) is 0 Å². The van der Waals surface area contributed by atoms with E-state index in [-0.39, 0.29) is 24.8 Å². The van der Waals surface area contributed by atoms with E-state index in [0.717, 1.165) is 11.1 Å². The summed E-state index contributed by atoms with van der Waals surface area (Å²) in [4.78, 5) is 36.5. The van der Waals surface area contributed by atoms with Crippen molar-refractivity contribution < 1.29 is 19.1 Å². The number of fused-ring (bicyclic) bond motifs is 1.